The Kier molecular flexibility index (Phi) is 5.89. The van der Waals surface area contributed by atoms with Gasteiger partial charge in [0, 0.05) is 32.8 Å². The number of pyridine rings is 1. The van der Waals surface area contributed by atoms with Gasteiger partial charge in [0.1, 0.15) is 5.82 Å². The van der Waals surface area contributed by atoms with Crippen LogP contribution in [0.3, 0.4) is 0 Å². The highest BCUT2D eigenvalue weighted by atomic mass is 19.1. The van der Waals surface area contributed by atoms with Crippen LogP contribution in [-0.2, 0) is 4.74 Å². The Morgan fingerprint density at radius 2 is 2.43 bits per heavy atom. The molecule has 1 atom stereocenters. The summed E-state index contributed by atoms with van der Waals surface area (Å²) in [5.41, 5.74) is 0.348. The van der Waals surface area contributed by atoms with Gasteiger partial charge in [-0.1, -0.05) is 0 Å². The number of likely N-dealkylation sites (tertiary alicyclic amines) is 1. The number of carbonyl (C=O) groups is 1. The predicted octanol–water partition coefficient (Wildman–Crippen LogP) is 1.31. The lowest BCUT2D eigenvalue weighted by Crippen LogP contribution is -2.34. The number of nitrogens with one attached hydrogen (secondary N) is 2. The van der Waals surface area contributed by atoms with Crippen molar-refractivity contribution in [2.24, 2.45) is 5.92 Å². The summed E-state index contributed by atoms with van der Waals surface area (Å²) >= 11 is 0. The molecule has 1 aromatic heterocycles. The zero-order chi connectivity index (χ0) is 15.1. The number of anilines is 1. The van der Waals surface area contributed by atoms with Gasteiger partial charge in [0.05, 0.1) is 24.7 Å². The van der Waals surface area contributed by atoms with Crippen molar-refractivity contribution in [2.45, 2.75) is 6.42 Å². The maximum Gasteiger partial charge on any atom is 0.319 e. The lowest BCUT2D eigenvalue weighted by atomic mass is 10.1. The summed E-state index contributed by atoms with van der Waals surface area (Å²) in [4.78, 5) is 17.7. The maximum atomic E-state index is 12.9. The average Bonchev–Trinajstić information content (AvgIpc) is 2.91. The summed E-state index contributed by atoms with van der Waals surface area (Å²) in [6.45, 7) is 4.26. The molecule has 1 fully saturated rings. The highest BCUT2D eigenvalue weighted by molar-refractivity contribution is 5.88. The second-order valence-corrected chi connectivity index (χ2v) is 5.17. The number of hydrogen-bond donors (Lipinski definition) is 2. The molecule has 0 radical (unpaired) electrons. The minimum absolute atomic E-state index is 0.335. The van der Waals surface area contributed by atoms with E-state index in [0.717, 1.165) is 38.9 Å². The minimum Gasteiger partial charge on any atom is -0.383 e. The van der Waals surface area contributed by atoms with E-state index in [9.17, 15) is 9.18 Å². The first-order chi connectivity index (χ1) is 10.2. The summed E-state index contributed by atoms with van der Waals surface area (Å²) in [5, 5.41) is 5.38. The maximum absolute atomic E-state index is 12.9. The summed E-state index contributed by atoms with van der Waals surface area (Å²) in [5.74, 6) is -0.0318. The lowest BCUT2D eigenvalue weighted by Gasteiger charge is -2.15. The summed E-state index contributed by atoms with van der Waals surface area (Å²) in [6, 6.07) is 0.895. The third-order valence-electron chi connectivity index (χ3n) is 3.50. The largest absolute Gasteiger partial charge is 0.383 e. The van der Waals surface area contributed by atoms with Crippen LogP contribution in [0.4, 0.5) is 14.9 Å². The quantitative estimate of drug-likeness (QED) is 0.830. The highest BCUT2D eigenvalue weighted by Crippen LogP contribution is 2.14. The SMILES string of the molecule is COCCN1CCC(CNC(=O)Nc2cncc(F)c2)C1. The van der Waals surface area contributed by atoms with Crippen LogP contribution in [0.15, 0.2) is 18.5 Å². The second-order valence-electron chi connectivity index (χ2n) is 5.17. The molecule has 0 aliphatic carbocycles. The molecule has 1 aliphatic heterocycles. The first-order valence-electron chi connectivity index (χ1n) is 7.04. The molecule has 1 aliphatic rings. The molecule has 6 nitrogen and oxygen atoms in total. The van der Waals surface area contributed by atoms with Crippen molar-refractivity contribution in [3.05, 3.63) is 24.3 Å². The Balaban J connectivity index is 1.68. The van der Waals surface area contributed by atoms with E-state index in [1.54, 1.807) is 7.11 Å². The van der Waals surface area contributed by atoms with Crippen molar-refractivity contribution < 1.29 is 13.9 Å². The van der Waals surface area contributed by atoms with Crippen molar-refractivity contribution in [3.8, 4) is 0 Å². The molecule has 21 heavy (non-hydrogen) atoms. The summed E-state index contributed by atoms with van der Waals surface area (Å²) < 4.78 is 18.0. The Bertz CT molecular complexity index is 472. The van der Waals surface area contributed by atoms with Crippen LogP contribution in [0, 0.1) is 11.7 Å². The first-order valence-corrected chi connectivity index (χ1v) is 7.04. The fraction of sp³-hybridized carbons (Fsp3) is 0.571. The van der Waals surface area contributed by atoms with E-state index in [-0.39, 0.29) is 6.03 Å². The Hall–Kier alpha value is -1.73. The van der Waals surface area contributed by atoms with Crippen molar-refractivity contribution in [3.63, 3.8) is 0 Å². The molecule has 0 bridgehead atoms. The van der Waals surface area contributed by atoms with Gasteiger partial charge in [0.2, 0.25) is 0 Å². The molecule has 1 unspecified atom stereocenters. The third-order valence-corrected chi connectivity index (χ3v) is 3.50. The number of methoxy groups -OCH3 is 1. The van der Waals surface area contributed by atoms with Crippen molar-refractivity contribution in [1.82, 2.24) is 15.2 Å². The monoisotopic (exact) mass is 296 g/mol. The molecule has 0 aromatic carbocycles. The van der Waals surface area contributed by atoms with Gasteiger partial charge in [-0.2, -0.15) is 0 Å². The van der Waals surface area contributed by atoms with Gasteiger partial charge in [-0.05, 0) is 18.9 Å². The molecular formula is C14H21FN4O2. The molecule has 2 amide bonds. The van der Waals surface area contributed by atoms with Crippen molar-refractivity contribution >= 4 is 11.7 Å². The van der Waals surface area contributed by atoms with Crippen LogP contribution in [0.5, 0.6) is 0 Å². The standard InChI is InChI=1S/C14H21FN4O2/c1-21-5-4-19-3-2-11(10-19)7-17-14(20)18-13-6-12(15)8-16-9-13/h6,8-9,11H,2-5,7,10H2,1H3,(H2,17,18,20). The van der Waals surface area contributed by atoms with Gasteiger partial charge in [-0.3, -0.25) is 4.98 Å². The molecule has 2 heterocycles. The van der Waals surface area contributed by atoms with E-state index in [4.69, 9.17) is 4.74 Å². The number of carbonyl (C=O) groups excluding carboxylic acids is 1. The van der Waals surface area contributed by atoms with Crippen LogP contribution < -0.4 is 10.6 Å². The smallest absolute Gasteiger partial charge is 0.319 e. The number of hydrogen-bond acceptors (Lipinski definition) is 4. The van der Waals surface area contributed by atoms with Gasteiger partial charge in [-0.15, -0.1) is 0 Å². The zero-order valence-electron chi connectivity index (χ0n) is 12.1. The van der Waals surface area contributed by atoms with Crippen LogP contribution in [0.1, 0.15) is 6.42 Å². The number of amides is 2. The van der Waals surface area contributed by atoms with Crippen LogP contribution in [0.25, 0.3) is 0 Å². The molecular weight excluding hydrogens is 275 g/mol. The number of urea groups is 1. The predicted molar refractivity (Wildman–Crippen MR) is 77.6 cm³/mol. The molecule has 7 heteroatoms. The van der Waals surface area contributed by atoms with E-state index in [1.165, 1.54) is 12.3 Å². The fourth-order valence-corrected chi connectivity index (χ4v) is 2.40. The van der Waals surface area contributed by atoms with Gasteiger partial charge < -0.3 is 20.3 Å². The van der Waals surface area contributed by atoms with E-state index >= 15 is 0 Å². The number of ether oxygens (including phenoxy) is 1. The number of aromatic nitrogens is 1. The minimum atomic E-state index is -0.475. The molecule has 1 aromatic rings. The van der Waals surface area contributed by atoms with E-state index in [2.05, 4.69) is 20.5 Å². The van der Waals surface area contributed by atoms with Crippen molar-refractivity contribution in [2.75, 3.05) is 45.2 Å². The Labute approximate surface area is 123 Å². The molecule has 0 spiro atoms. The zero-order valence-corrected chi connectivity index (χ0v) is 12.1. The molecule has 2 rings (SSSR count). The molecule has 1 saturated heterocycles. The van der Waals surface area contributed by atoms with E-state index in [1.807, 2.05) is 0 Å². The van der Waals surface area contributed by atoms with Crippen LogP contribution in [-0.4, -0.2) is 55.8 Å². The highest BCUT2D eigenvalue weighted by Gasteiger charge is 2.22. The topological polar surface area (TPSA) is 66.5 Å². The molecule has 2 N–H and O–H groups in total. The van der Waals surface area contributed by atoms with Gasteiger partial charge >= 0.3 is 6.03 Å². The lowest BCUT2D eigenvalue weighted by molar-refractivity contribution is 0.159. The second kappa shape index (κ2) is 7.90. The van der Waals surface area contributed by atoms with Gasteiger partial charge in [-0.25, -0.2) is 9.18 Å². The van der Waals surface area contributed by atoms with Crippen LogP contribution >= 0.6 is 0 Å². The Morgan fingerprint density at radius 3 is 3.19 bits per heavy atom. The summed E-state index contributed by atoms with van der Waals surface area (Å²) in [7, 11) is 1.70. The summed E-state index contributed by atoms with van der Waals surface area (Å²) in [6.07, 6.45) is 3.56. The fourth-order valence-electron chi connectivity index (χ4n) is 2.40. The van der Waals surface area contributed by atoms with Crippen LogP contribution in [0.2, 0.25) is 0 Å². The van der Waals surface area contributed by atoms with E-state index < -0.39 is 5.82 Å². The average molecular weight is 296 g/mol. The molecule has 0 saturated carbocycles. The van der Waals surface area contributed by atoms with Gasteiger partial charge in [0.25, 0.3) is 0 Å². The van der Waals surface area contributed by atoms with E-state index in [0.29, 0.717) is 18.2 Å². The third kappa shape index (κ3) is 5.28. The molecule has 116 valence electrons. The number of nitrogens with zero attached hydrogens (tertiary/aromatic N) is 2. The normalized spacial score (nSPS) is 18.7. The van der Waals surface area contributed by atoms with Crippen molar-refractivity contribution in [1.29, 1.82) is 0 Å². The van der Waals surface area contributed by atoms with Gasteiger partial charge in [0.15, 0.2) is 0 Å². The number of rotatable bonds is 6. The number of halogens is 1. The Morgan fingerprint density at radius 1 is 1.57 bits per heavy atom. The first kappa shape index (κ1) is 15.7.